The Morgan fingerprint density at radius 2 is 1.76 bits per heavy atom. The highest BCUT2D eigenvalue weighted by Crippen LogP contribution is 2.42. The van der Waals surface area contributed by atoms with Gasteiger partial charge in [-0.1, -0.05) is 36.7 Å². The summed E-state index contributed by atoms with van der Waals surface area (Å²) in [6.07, 6.45) is 3.69. The number of hydrogen-bond donors (Lipinski definition) is 2. The molecule has 21 heavy (non-hydrogen) atoms. The lowest BCUT2D eigenvalue weighted by Gasteiger charge is -2.43. The zero-order valence-corrected chi connectivity index (χ0v) is 14.7. The minimum absolute atomic E-state index is 0.238. The van der Waals surface area contributed by atoms with Crippen LogP contribution in [0.4, 0.5) is 5.69 Å². The Morgan fingerprint density at radius 1 is 1.24 bits per heavy atom. The first-order valence-corrected chi connectivity index (χ1v) is 8.36. The Balaban J connectivity index is 2.13. The highest BCUT2D eigenvalue weighted by Gasteiger charge is 2.42. The largest absolute Gasteiger partial charge is 0.371 e. The van der Waals surface area contributed by atoms with E-state index < -0.39 is 5.54 Å². The number of anilines is 1. The van der Waals surface area contributed by atoms with Crippen LogP contribution in [0.5, 0.6) is 0 Å². The number of halogens is 1. The van der Waals surface area contributed by atoms with Crippen molar-refractivity contribution in [1.82, 2.24) is 0 Å². The van der Waals surface area contributed by atoms with Crippen LogP contribution in [0.25, 0.3) is 0 Å². The summed E-state index contributed by atoms with van der Waals surface area (Å²) in [4.78, 5) is 12.1. The molecule has 3 nitrogen and oxygen atoms in total. The number of amides is 1. The lowest BCUT2D eigenvalue weighted by atomic mass is 9.67. The van der Waals surface area contributed by atoms with Crippen molar-refractivity contribution in [3.63, 3.8) is 0 Å². The van der Waals surface area contributed by atoms with Gasteiger partial charge in [0.25, 0.3) is 0 Å². The Bertz CT molecular complexity index is 497. The van der Waals surface area contributed by atoms with Gasteiger partial charge in [0.15, 0.2) is 0 Å². The summed E-state index contributed by atoms with van der Waals surface area (Å²) in [7, 11) is 0. The smallest absolute Gasteiger partial charge is 0.243 e. The molecule has 0 unspecified atom stereocenters. The number of carbonyl (C=O) groups is 1. The van der Waals surface area contributed by atoms with E-state index in [1.54, 1.807) is 0 Å². The van der Waals surface area contributed by atoms with Crippen molar-refractivity contribution in [2.24, 2.45) is 17.1 Å². The van der Waals surface area contributed by atoms with Crippen molar-refractivity contribution < 1.29 is 4.79 Å². The van der Waals surface area contributed by atoms with Gasteiger partial charge in [0.05, 0.1) is 0 Å². The quantitative estimate of drug-likeness (QED) is 0.850. The fourth-order valence-electron chi connectivity index (χ4n) is 3.22. The van der Waals surface area contributed by atoms with Crippen LogP contribution in [0, 0.1) is 11.3 Å². The lowest BCUT2D eigenvalue weighted by molar-refractivity contribution is -0.123. The van der Waals surface area contributed by atoms with Gasteiger partial charge in [-0.15, -0.1) is 0 Å². The number of nitrogens with two attached hydrogens (primary N) is 1. The molecule has 2 rings (SSSR count). The highest BCUT2D eigenvalue weighted by atomic mass is 79.9. The van der Waals surface area contributed by atoms with E-state index in [9.17, 15) is 4.79 Å². The molecule has 1 aromatic carbocycles. The molecule has 0 heterocycles. The van der Waals surface area contributed by atoms with Gasteiger partial charge in [0.1, 0.15) is 5.54 Å². The first-order chi connectivity index (χ1) is 9.73. The Kier molecular flexibility index (Phi) is 4.66. The SMILES string of the molecule is CC(C)(C)C1CCC(Nc2ccc(Br)cc2)(C(N)=O)CC1. The molecule has 1 aromatic rings. The molecule has 0 aromatic heterocycles. The summed E-state index contributed by atoms with van der Waals surface area (Å²) in [6, 6.07) is 7.89. The molecular formula is C17H25BrN2O. The summed E-state index contributed by atoms with van der Waals surface area (Å²) < 4.78 is 1.03. The maximum Gasteiger partial charge on any atom is 0.243 e. The zero-order valence-electron chi connectivity index (χ0n) is 13.1. The van der Waals surface area contributed by atoms with Gasteiger partial charge in [0.2, 0.25) is 5.91 Å². The van der Waals surface area contributed by atoms with E-state index in [2.05, 4.69) is 42.0 Å². The number of rotatable bonds is 3. The number of benzene rings is 1. The van der Waals surface area contributed by atoms with Crippen molar-refractivity contribution in [3.8, 4) is 0 Å². The predicted octanol–water partition coefficient (Wildman–Crippen LogP) is 4.32. The molecule has 0 atom stereocenters. The number of nitrogens with one attached hydrogen (secondary N) is 1. The zero-order chi connectivity index (χ0) is 15.7. The van der Waals surface area contributed by atoms with E-state index >= 15 is 0 Å². The molecule has 1 aliphatic carbocycles. The minimum atomic E-state index is -0.602. The Morgan fingerprint density at radius 3 is 2.19 bits per heavy atom. The standard InChI is InChI=1S/C17H25BrN2O/c1-16(2,3)12-8-10-17(11-9-12,15(19)21)20-14-6-4-13(18)5-7-14/h4-7,12,20H,8-11H2,1-3H3,(H2,19,21). The van der Waals surface area contributed by atoms with Crippen LogP contribution in [-0.2, 0) is 4.79 Å². The van der Waals surface area contributed by atoms with E-state index in [1.165, 1.54) is 0 Å². The second-order valence-corrected chi connectivity index (χ2v) is 8.13. The van der Waals surface area contributed by atoms with E-state index in [0.29, 0.717) is 11.3 Å². The topological polar surface area (TPSA) is 55.1 Å². The van der Waals surface area contributed by atoms with Crippen molar-refractivity contribution in [2.45, 2.75) is 52.0 Å². The number of carbonyl (C=O) groups excluding carboxylic acids is 1. The molecule has 0 spiro atoms. The first-order valence-electron chi connectivity index (χ1n) is 7.57. The fraction of sp³-hybridized carbons (Fsp3) is 0.588. The third-order valence-electron chi connectivity index (χ3n) is 4.76. The van der Waals surface area contributed by atoms with E-state index in [1.807, 2.05) is 24.3 Å². The third-order valence-corrected chi connectivity index (χ3v) is 5.29. The normalized spacial score (nSPS) is 26.4. The van der Waals surface area contributed by atoms with Crippen LogP contribution in [-0.4, -0.2) is 11.4 Å². The third kappa shape index (κ3) is 3.79. The molecule has 116 valence electrons. The molecule has 1 saturated carbocycles. The van der Waals surface area contributed by atoms with Crippen LogP contribution < -0.4 is 11.1 Å². The van der Waals surface area contributed by atoms with Crippen LogP contribution in [0.2, 0.25) is 0 Å². The Hall–Kier alpha value is -1.03. The summed E-state index contributed by atoms with van der Waals surface area (Å²) in [5.74, 6) is 0.412. The van der Waals surface area contributed by atoms with Crippen LogP contribution >= 0.6 is 15.9 Å². The minimum Gasteiger partial charge on any atom is -0.371 e. The maximum atomic E-state index is 12.1. The molecule has 4 heteroatoms. The van der Waals surface area contributed by atoms with Crippen molar-refractivity contribution in [2.75, 3.05) is 5.32 Å². The van der Waals surface area contributed by atoms with Crippen molar-refractivity contribution in [1.29, 1.82) is 0 Å². The molecule has 1 aliphatic rings. The van der Waals surface area contributed by atoms with Crippen molar-refractivity contribution >= 4 is 27.5 Å². The summed E-state index contributed by atoms with van der Waals surface area (Å²) in [6.45, 7) is 6.82. The molecule has 1 amide bonds. The van der Waals surface area contributed by atoms with Crippen LogP contribution in [0.3, 0.4) is 0 Å². The summed E-state index contributed by atoms with van der Waals surface area (Å²) in [5.41, 5.74) is 6.37. The summed E-state index contributed by atoms with van der Waals surface area (Å²) >= 11 is 3.42. The average Bonchev–Trinajstić information content (AvgIpc) is 2.41. The maximum absolute atomic E-state index is 12.1. The van der Waals surface area contributed by atoms with E-state index in [0.717, 1.165) is 35.8 Å². The van der Waals surface area contributed by atoms with Crippen LogP contribution in [0.1, 0.15) is 46.5 Å². The predicted molar refractivity (Wildman–Crippen MR) is 91.1 cm³/mol. The molecule has 0 bridgehead atoms. The molecule has 0 saturated heterocycles. The second kappa shape index (κ2) is 5.99. The summed E-state index contributed by atoms with van der Waals surface area (Å²) in [5, 5.41) is 3.40. The Labute approximate surface area is 135 Å². The molecule has 0 aliphatic heterocycles. The average molecular weight is 353 g/mol. The molecule has 1 fully saturated rings. The van der Waals surface area contributed by atoms with Gasteiger partial charge in [-0.05, 0) is 61.3 Å². The van der Waals surface area contributed by atoms with Gasteiger partial charge >= 0.3 is 0 Å². The first kappa shape index (κ1) is 16.3. The lowest BCUT2D eigenvalue weighted by Crippen LogP contribution is -2.53. The van der Waals surface area contributed by atoms with Gasteiger partial charge in [-0.3, -0.25) is 4.79 Å². The number of primary amides is 1. The highest BCUT2D eigenvalue weighted by molar-refractivity contribution is 9.10. The van der Waals surface area contributed by atoms with Crippen LogP contribution in [0.15, 0.2) is 28.7 Å². The monoisotopic (exact) mass is 352 g/mol. The van der Waals surface area contributed by atoms with Gasteiger partial charge in [-0.2, -0.15) is 0 Å². The second-order valence-electron chi connectivity index (χ2n) is 7.22. The van der Waals surface area contributed by atoms with Gasteiger partial charge < -0.3 is 11.1 Å². The van der Waals surface area contributed by atoms with Crippen molar-refractivity contribution in [3.05, 3.63) is 28.7 Å². The van der Waals surface area contributed by atoms with E-state index in [4.69, 9.17) is 5.73 Å². The molecule has 3 N–H and O–H groups in total. The fourth-order valence-corrected chi connectivity index (χ4v) is 3.48. The molecule has 0 radical (unpaired) electrons. The number of hydrogen-bond acceptors (Lipinski definition) is 2. The molecular weight excluding hydrogens is 328 g/mol. The van der Waals surface area contributed by atoms with Gasteiger partial charge in [-0.25, -0.2) is 0 Å². The van der Waals surface area contributed by atoms with E-state index in [-0.39, 0.29) is 5.91 Å². The van der Waals surface area contributed by atoms with Gasteiger partial charge in [0, 0.05) is 10.2 Å².